The number of rotatable bonds is 4. The Bertz CT molecular complexity index is 483. The van der Waals surface area contributed by atoms with Crippen molar-refractivity contribution in [3.8, 4) is 0 Å². The van der Waals surface area contributed by atoms with Crippen molar-refractivity contribution in [2.45, 2.75) is 44.6 Å². The molecule has 1 aliphatic carbocycles. The number of amides is 1. The first kappa shape index (κ1) is 14.8. The molecule has 1 aromatic rings. The third-order valence-electron chi connectivity index (χ3n) is 4.21. The van der Waals surface area contributed by atoms with Crippen molar-refractivity contribution in [1.29, 1.82) is 0 Å². The van der Waals surface area contributed by atoms with Gasteiger partial charge < -0.3 is 11.1 Å². The van der Waals surface area contributed by atoms with E-state index in [-0.39, 0.29) is 5.91 Å². The van der Waals surface area contributed by atoms with Gasteiger partial charge >= 0.3 is 0 Å². The van der Waals surface area contributed by atoms with Crippen LogP contribution in [0.5, 0.6) is 0 Å². The van der Waals surface area contributed by atoms with Crippen molar-refractivity contribution in [3.05, 3.63) is 24.0 Å². The first-order chi connectivity index (χ1) is 9.57. The van der Waals surface area contributed by atoms with Gasteiger partial charge in [0, 0.05) is 0 Å². The first-order valence-corrected chi connectivity index (χ1v) is 7.37. The summed E-state index contributed by atoms with van der Waals surface area (Å²) in [6.07, 6.45) is 7.81. The Morgan fingerprint density at radius 2 is 2.20 bits per heavy atom. The number of carbonyl (C=O) groups is 1. The standard InChI is InChI=1S/C14H20N4OS/c1-2-10-3-6-14(7-4-10,13(15)20)18-12(19)11-5-8-16-17-9-11/h5,8-10H,2-4,6-7H2,1H3,(H2,15,20)(H,18,19). The molecule has 20 heavy (non-hydrogen) atoms. The zero-order valence-electron chi connectivity index (χ0n) is 11.6. The second kappa shape index (κ2) is 6.26. The maximum absolute atomic E-state index is 12.3. The smallest absolute Gasteiger partial charge is 0.253 e. The van der Waals surface area contributed by atoms with Crippen LogP contribution in [0.4, 0.5) is 0 Å². The molecule has 3 N–H and O–H groups in total. The molecule has 1 fully saturated rings. The number of hydrogen-bond acceptors (Lipinski definition) is 4. The molecule has 0 bridgehead atoms. The van der Waals surface area contributed by atoms with Crippen LogP contribution in [-0.4, -0.2) is 26.6 Å². The number of nitrogens with one attached hydrogen (secondary N) is 1. The quantitative estimate of drug-likeness (QED) is 0.828. The van der Waals surface area contributed by atoms with Gasteiger partial charge in [0.1, 0.15) is 0 Å². The Balaban J connectivity index is 2.11. The fourth-order valence-electron chi connectivity index (χ4n) is 2.73. The molecular formula is C14H20N4OS. The van der Waals surface area contributed by atoms with Gasteiger partial charge in [0.05, 0.1) is 28.5 Å². The highest BCUT2D eigenvalue weighted by molar-refractivity contribution is 7.80. The van der Waals surface area contributed by atoms with Crippen molar-refractivity contribution in [1.82, 2.24) is 15.5 Å². The highest BCUT2D eigenvalue weighted by atomic mass is 32.1. The molecule has 1 aliphatic rings. The summed E-state index contributed by atoms with van der Waals surface area (Å²) < 4.78 is 0. The summed E-state index contributed by atoms with van der Waals surface area (Å²) in [5.74, 6) is 0.514. The van der Waals surface area contributed by atoms with E-state index in [0.717, 1.165) is 32.1 Å². The van der Waals surface area contributed by atoms with E-state index >= 15 is 0 Å². The molecule has 0 atom stereocenters. The van der Waals surface area contributed by atoms with E-state index in [9.17, 15) is 4.79 Å². The lowest BCUT2D eigenvalue weighted by molar-refractivity contribution is 0.0897. The van der Waals surface area contributed by atoms with Crippen LogP contribution < -0.4 is 11.1 Å². The van der Waals surface area contributed by atoms with Crippen molar-refractivity contribution in [2.75, 3.05) is 0 Å². The lowest BCUT2D eigenvalue weighted by Crippen LogP contribution is -2.58. The average molecular weight is 292 g/mol. The number of nitrogens with zero attached hydrogens (tertiary/aromatic N) is 2. The van der Waals surface area contributed by atoms with Crippen molar-refractivity contribution in [2.24, 2.45) is 11.7 Å². The number of aromatic nitrogens is 2. The Kier molecular flexibility index (Phi) is 4.65. The second-order valence-corrected chi connectivity index (χ2v) is 5.82. The van der Waals surface area contributed by atoms with E-state index < -0.39 is 5.54 Å². The Morgan fingerprint density at radius 3 is 2.70 bits per heavy atom. The lowest BCUT2D eigenvalue weighted by atomic mass is 9.75. The molecule has 0 spiro atoms. The van der Waals surface area contributed by atoms with Crippen LogP contribution in [0.2, 0.25) is 0 Å². The van der Waals surface area contributed by atoms with Gasteiger partial charge in [-0.25, -0.2) is 0 Å². The largest absolute Gasteiger partial charge is 0.391 e. The highest BCUT2D eigenvalue weighted by Crippen LogP contribution is 2.34. The summed E-state index contributed by atoms with van der Waals surface area (Å²) in [6, 6.07) is 1.63. The number of hydrogen-bond donors (Lipinski definition) is 2. The van der Waals surface area contributed by atoms with E-state index in [1.807, 2.05) is 0 Å². The fourth-order valence-corrected chi connectivity index (χ4v) is 2.98. The predicted molar refractivity (Wildman–Crippen MR) is 81.3 cm³/mol. The number of nitrogens with two attached hydrogens (primary N) is 1. The van der Waals surface area contributed by atoms with Gasteiger partial charge in [0.2, 0.25) is 0 Å². The van der Waals surface area contributed by atoms with Crippen LogP contribution in [-0.2, 0) is 0 Å². The SMILES string of the molecule is CCC1CCC(NC(=O)c2ccnnc2)(C(N)=S)CC1. The summed E-state index contributed by atoms with van der Waals surface area (Å²) in [7, 11) is 0. The van der Waals surface area contributed by atoms with Crippen LogP contribution >= 0.6 is 12.2 Å². The van der Waals surface area contributed by atoms with E-state index in [1.165, 1.54) is 12.4 Å². The van der Waals surface area contributed by atoms with Gasteiger partial charge in [-0.2, -0.15) is 10.2 Å². The van der Waals surface area contributed by atoms with Gasteiger partial charge in [0.15, 0.2) is 0 Å². The number of carbonyl (C=O) groups excluding carboxylic acids is 1. The molecule has 0 unspecified atom stereocenters. The van der Waals surface area contributed by atoms with Crippen LogP contribution in [0, 0.1) is 5.92 Å². The average Bonchev–Trinajstić information content (AvgIpc) is 2.48. The molecule has 1 saturated carbocycles. The molecular weight excluding hydrogens is 272 g/mol. The normalized spacial score (nSPS) is 25.9. The van der Waals surface area contributed by atoms with E-state index in [0.29, 0.717) is 16.5 Å². The Morgan fingerprint density at radius 1 is 1.50 bits per heavy atom. The van der Waals surface area contributed by atoms with Crippen molar-refractivity contribution < 1.29 is 4.79 Å². The van der Waals surface area contributed by atoms with Crippen molar-refractivity contribution >= 4 is 23.1 Å². The molecule has 5 nitrogen and oxygen atoms in total. The van der Waals surface area contributed by atoms with Gasteiger partial charge in [-0.3, -0.25) is 4.79 Å². The Hall–Kier alpha value is -1.56. The molecule has 0 aliphatic heterocycles. The third-order valence-corrected chi connectivity index (χ3v) is 4.60. The predicted octanol–water partition coefficient (Wildman–Crippen LogP) is 1.83. The monoisotopic (exact) mass is 292 g/mol. The minimum Gasteiger partial charge on any atom is -0.391 e. The van der Waals surface area contributed by atoms with Crippen LogP contribution in [0.25, 0.3) is 0 Å². The van der Waals surface area contributed by atoms with Crippen molar-refractivity contribution in [3.63, 3.8) is 0 Å². The molecule has 6 heteroatoms. The molecule has 0 radical (unpaired) electrons. The zero-order chi connectivity index (χ0) is 14.6. The maximum Gasteiger partial charge on any atom is 0.253 e. The Labute approximate surface area is 124 Å². The molecule has 2 rings (SSSR count). The molecule has 0 saturated heterocycles. The minimum atomic E-state index is -0.554. The molecule has 108 valence electrons. The highest BCUT2D eigenvalue weighted by Gasteiger charge is 2.39. The van der Waals surface area contributed by atoms with Gasteiger partial charge in [-0.1, -0.05) is 25.6 Å². The minimum absolute atomic E-state index is 0.192. The summed E-state index contributed by atoms with van der Waals surface area (Å²) >= 11 is 5.21. The number of thiocarbonyl (C=S) groups is 1. The molecule has 1 amide bonds. The second-order valence-electron chi connectivity index (χ2n) is 5.38. The van der Waals surface area contributed by atoms with E-state index in [1.54, 1.807) is 6.07 Å². The third kappa shape index (κ3) is 3.12. The zero-order valence-corrected chi connectivity index (χ0v) is 12.4. The van der Waals surface area contributed by atoms with E-state index in [4.69, 9.17) is 18.0 Å². The van der Waals surface area contributed by atoms with Crippen LogP contribution in [0.3, 0.4) is 0 Å². The summed E-state index contributed by atoms with van der Waals surface area (Å²) in [4.78, 5) is 12.7. The van der Waals surface area contributed by atoms with Crippen LogP contribution in [0.15, 0.2) is 18.5 Å². The summed E-state index contributed by atoms with van der Waals surface area (Å²) in [6.45, 7) is 2.19. The van der Waals surface area contributed by atoms with E-state index in [2.05, 4.69) is 22.4 Å². The lowest BCUT2D eigenvalue weighted by Gasteiger charge is -2.40. The van der Waals surface area contributed by atoms with Gasteiger partial charge in [0.25, 0.3) is 5.91 Å². The van der Waals surface area contributed by atoms with Crippen LogP contribution in [0.1, 0.15) is 49.4 Å². The fraction of sp³-hybridized carbons (Fsp3) is 0.571. The summed E-state index contributed by atoms with van der Waals surface area (Å²) in [5, 5.41) is 10.4. The summed E-state index contributed by atoms with van der Waals surface area (Å²) in [5.41, 5.74) is 5.83. The molecule has 1 heterocycles. The maximum atomic E-state index is 12.3. The topological polar surface area (TPSA) is 80.9 Å². The van der Waals surface area contributed by atoms with Gasteiger partial charge in [-0.05, 0) is 37.7 Å². The molecule has 1 aromatic heterocycles. The molecule has 0 aromatic carbocycles. The van der Waals surface area contributed by atoms with Gasteiger partial charge in [-0.15, -0.1) is 0 Å². The first-order valence-electron chi connectivity index (χ1n) is 6.96.